The predicted octanol–water partition coefficient (Wildman–Crippen LogP) is 1.06. The Morgan fingerprint density at radius 1 is 1.29 bits per heavy atom. The van der Waals surface area contributed by atoms with Crippen molar-refractivity contribution in [3.05, 3.63) is 12.2 Å². The van der Waals surface area contributed by atoms with Crippen molar-refractivity contribution < 1.29 is 9.53 Å². The van der Waals surface area contributed by atoms with Crippen molar-refractivity contribution in [2.24, 2.45) is 12.5 Å². The summed E-state index contributed by atoms with van der Waals surface area (Å²) in [5, 5.41) is 8.14. The highest BCUT2D eigenvalue weighted by Crippen LogP contribution is 2.40. The first-order valence-corrected chi connectivity index (χ1v) is 8.94. The topological polar surface area (TPSA) is 63.5 Å². The molecule has 3 heterocycles. The monoisotopic (exact) mass is 335 g/mol. The molecule has 2 aliphatic heterocycles. The molecule has 134 valence electrons. The summed E-state index contributed by atoms with van der Waals surface area (Å²) in [5.74, 6) is 1.34. The zero-order valence-corrected chi connectivity index (χ0v) is 14.9. The molecule has 0 aliphatic carbocycles. The summed E-state index contributed by atoms with van der Waals surface area (Å²) in [6.07, 6.45) is 6.76. The maximum atomic E-state index is 12.2. The van der Waals surface area contributed by atoms with E-state index in [1.54, 1.807) is 13.4 Å². The van der Waals surface area contributed by atoms with Gasteiger partial charge in [-0.2, -0.15) is 0 Å². The molecule has 0 radical (unpaired) electrons. The average molecular weight is 335 g/mol. The van der Waals surface area contributed by atoms with Gasteiger partial charge in [0.2, 0.25) is 5.91 Å². The van der Waals surface area contributed by atoms with Gasteiger partial charge in [-0.1, -0.05) is 0 Å². The fraction of sp³-hybridized carbons (Fsp3) is 0.824. The Labute approximate surface area is 144 Å². The number of amides is 1. The van der Waals surface area contributed by atoms with Crippen LogP contribution in [0.5, 0.6) is 0 Å². The highest BCUT2D eigenvalue weighted by atomic mass is 16.5. The SMILES string of the molecule is COCCCN1CC2(CCC1=O)CCN(Cc1nncn1C)CC2. The first-order chi connectivity index (χ1) is 11.6. The first-order valence-electron chi connectivity index (χ1n) is 8.94. The molecule has 1 spiro atoms. The zero-order valence-electron chi connectivity index (χ0n) is 14.9. The van der Waals surface area contributed by atoms with Crippen LogP contribution in [0.4, 0.5) is 0 Å². The maximum Gasteiger partial charge on any atom is 0.222 e. The minimum absolute atomic E-state index is 0.317. The Morgan fingerprint density at radius 2 is 2.08 bits per heavy atom. The van der Waals surface area contributed by atoms with E-state index >= 15 is 0 Å². The Balaban J connectivity index is 1.52. The number of nitrogens with zero attached hydrogens (tertiary/aromatic N) is 5. The van der Waals surface area contributed by atoms with Crippen molar-refractivity contribution in [2.75, 3.05) is 39.9 Å². The van der Waals surface area contributed by atoms with Gasteiger partial charge >= 0.3 is 0 Å². The van der Waals surface area contributed by atoms with E-state index in [0.29, 0.717) is 17.7 Å². The fourth-order valence-electron chi connectivity index (χ4n) is 3.95. The Hall–Kier alpha value is -1.47. The van der Waals surface area contributed by atoms with Gasteiger partial charge < -0.3 is 14.2 Å². The van der Waals surface area contributed by atoms with Gasteiger partial charge in [0.1, 0.15) is 12.2 Å². The second kappa shape index (κ2) is 7.61. The molecule has 0 N–H and O–H groups in total. The van der Waals surface area contributed by atoms with Crippen LogP contribution < -0.4 is 0 Å². The van der Waals surface area contributed by atoms with Crippen molar-refractivity contribution in [3.63, 3.8) is 0 Å². The number of hydrogen-bond acceptors (Lipinski definition) is 5. The molecule has 0 bridgehead atoms. The van der Waals surface area contributed by atoms with E-state index < -0.39 is 0 Å². The predicted molar refractivity (Wildman–Crippen MR) is 90.3 cm³/mol. The molecular formula is C17H29N5O2. The molecule has 24 heavy (non-hydrogen) atoms. The normalized spacial score (nSPS) is 21.6. The van der Waals surface area contributed by atoms with Crippen molar-refractivity contribution in [2.45, 2.75) is 38.6 Å². The average Bonchev–Trinajstić information content (AvgIpc) is 2.98. The third-order valence-electron chi connectivity index (χ3n) is 5.61. The van der Waals surface area contributed by atoms with Crippen LogP contribution in [0.2, 0.25) is 0 Å². The van der Waals surface area contributed by atoms with Crippen molar-refractivity contribution >= 4 is 5.91 Å². The molecule has 3 rings (SSSR count). The van der Waals surface area contributed by atoms with Gasteiger partial charge in [-0.25, -0.2) is 0 Å². The zero-order chi connectivity index (χ0) is 17.0. The molecule has 7 nitrogen and oxygen atoms in total. The van der Waals surface area contributed by atoms with E-state index in [2.05, 4.69) is 20.0 Å². The Kier molecular flexibility index (Phi) is 5.50. The molecular weight excluding hydrogens is 306 g/mol. The lowest BCUT2D eigenvalue weighted by molar-refractivity contribution is -0.139. The number of carbonyl (C=O) groups excluding carboxylic acids is 1. The second-order valence-electron chi connectivity index (χ2n) is 7.30. The summed E-state index contributed by atoms with van der Waals surface area (Å²) in [6, 6.07) is 0. The van der Waals surface area contributed by atoms with Crippen LogP contribution in [-0.2, 0) is 23.1 Å². The molecule has 0 unspecified atom stereocenters. The van der Waals surface area contributed by atoms with E-state index in [9.17, 15) is 4.79 Å². The lowest BCUT2D eigenvalue weighted by Crippen LogP contribution is -2.51. The molecule has 2 saturated heterocycles. The van der Waals surface area contributed by atoms with Gasteiger partial charge in [-0.3, -0.25) is 9.69 Å². The summed E-state index contributed by atoms with van der Waals surface area (Å²) in [6.45, 7) is 5.50. The summed E-state index contributed by atoms with van der Waals surface area (Å²) < 4.78 is 7.11. The van der Waals surface area contributed by atoms with Crippen molar-refractivity contribution in [1.29, 1.82) is 0 Å². The van der Waals surface area contributed by atoms with E-state index in [4.69, 9.17) is 4.74 Å². The van der Waals surface area contributed by atoms with Gasteiger partial charge in [0.15, 0.2) is 0 Å². The number of aromatic nitrogens is 3. The molecule has 2 aliphatic rings. The molecule has 0 aromatic carbocycles. The largest absolute Gasteiger partial charge is 0.385 e. The molecule has 1 amide bonds. The number of piperidine rings is 2. The molecule has 0 atom stereocenters. The van der Waals surface area contributed by atoms with Crippen molar-refractivity contribution in [3.8, 4) is 0 Å². The van der Waals surface area contributed by atoms with E-state index in [1.165, 1.54) is 12.8 Å². The number of hydrogen-bond donors (Lipinski definition) is 0. The summed E-state index contributed by atoms with van der Waals surface area (Å²) in [5.41, 5.74) is 0.317. The molecule has 0 saturated carbocycles. The van der Waals surface area contributed by atoms with E-state index in [-0.39, 0.29) is 0 Å². The van der Waals surface area contributed by atoms with Gasteiger partial charge in [0.25, 0.3) is 0 Å². The second-order valence-corrected chi connectivity index (χ2v) is 7.30. The first kappa shape index (κ1) is 17.4. The maximum absolute atomic E-state index is 12.2. The Bertz CT molecular complexity index is 551. The van der Waals surface area contributed by atoms with Crippen LogP contribution in [0.1, 0.15) is 37.9 Å². The standard InChI is InChI=1S/C17H29N5O2/c1-20-14-18-19-15(20)12-21-9-6-17(7-10-21)5-4-16(23)22(13-17)8-3-11-24-2/h14H,3-13H2,1-2H3. The molecule has 7 heteroatoms. The third-order valence-corrected chi connectivity index (χ3v) is 5.61. The molecule has 1 aromatic heterocycles. The molecule has 2 fully saturated rings. The van der Waals surface area contributed by atoms with E-state index in [1.807, 2.05) is 11.6 Å². The molecule has 1 aromatic rings. The number of rotatable bonds is 6. The highest BCUT2D eigenvalue weighted by Gasteiger charge is 2.40. The van der Waals surface area contributed by atoms with Gasteiger partial charge in [-0.05, 0) is 44.2 Å². The highest BCUT2D eigenvalue weighted by molar-refractivity contribution is 5.77. The fourth-order valence-corrected chi connectivity index (χ4v) is 3.95. The number of methoxy groups -OCH3 is 1. The van der Waals surface area contributed by atoms with Crippen molar-refractivity contribution in [1.82, 2.24) is 24.6 Å². The summed E-state index contributed by atoms with van der Waals surface area (Å²) in [4.78, 5) is 16.7. The minimum Gasteiger partial charge on any atom is -0.385 e. The minimum atomic E-state index is 0.317. The third kappa shape index (κ3) is 3.95. The number of ether oxygens (including phenoxy) is 1. The van der Waals surface area contributed by atoms with Crippen LogP contribution in [-0.4, -0.2) is 70.4 Å². The smallest absolute Gasteiger partial charge is 0.222 e. The summed E-state index contributed by atoms with van der Waals surface area (Å²) >= 11 is 0. The number of likely N-dealkylation sites (tertiary alicyclic amines) is 2. The quantitative estimate of drug-likeness (QED) is 0.727. The summed E-state index contributed by atoms with van der Waals surface area (Å²) in [7, 11) is 3.71. The van der Waals surface area contributed by atoms with Gasteiger partial charge in [0.05, 0.1) is 6.54 Å². The number of aryl methyl sites for hydroxylation is 1. The van der Waals surface area contributed by atoms with Crippen LogP contribution in [0, 0.1) is 5.41 Å². The van der Waals surface area contributed by atoms with E-state index in [0.717, 1.165) is 58.0 Å². The van der Waals surface area contributed by atoms with Gasteiger partial charge in [0, 0.05) is 40.3 Å². The lowest BCUT2D eigenvalue weighted by atomic mass is 9.72. The lowest BCUT2D eigenvalue weighted by Gasteiger charge is -2.47. The van der Waals surface area contributed by atoms with Crippen LogP contribution in [0.15, 0.2) is 6.33 Å². The van der Waals surface area contributed by atoms with Crippen LogP contribution in [0.3, 0.4) is 0 Å². The van der Waals surface area contributed by atoms with Crippen LogP contribution in [0.25, 0.3) is 0 Å². The van der Waals surface area contributed by atoms with Crippen LogP contribution >= 0.6 is 0 Å². The number of carbonyl (C=O) groups is 1. The van der Waals surface area contributed by atoms with Gasteiger partial charge in [-0.15, -0.1) is 10.2 Å². The Morgan fingerprint density at radius 3 is 2.75 bits per heavy atom.